The molecule has 0 atom stereocenters. The number of carbonyl (C=O) groups is 2. The minimum Gasteiger partial charge on any atom is -0.358 e. The third kappa shape index (κ3) is 3.84. The van der Waals surface area contributed by atoms with Gasteiger partial charge in [-0.3, -0.25) is 9.59 Å². The number of amides is 2. The second-order valence-electron chi connectivity index (χ2n) is 4.57. The lowest BCUT2D eigenvalue weighted by atomic mass is 10.2. The van der Waals surface area contributed by atoms with E-state index in [4.69, 9.17) is 0 Å². The third-order valence-electron chi connectivity index (χ3n) is 2.92. The average molecular weight is 306 g/mol. The molecular formula is C13H15FN6O2. The van der Waals surface area contributed by atoms with Gasteiger partial charge in [0.2, 0.25) is 17.6 Å². The van der Waals surface area contributed by atoms with Crippen molar-refractivity contribution in [3.05, 3.63) is 30.1 Å². The second-order valence-corrected chi connectivity index (χ2v) is 4.57. The Morgan fingerprint density at radius 2 is 2.00 bits per heavy atom. The highest BCUT2D eigenvalue weighted by Gasteiger charge is 2.15. The molecule has 9 heteroatoms. The number of aromatic nitrogens is 4. The van der Waals surface area contributed by atoms with Crippen molar-refractivity contribution in [2.24, 2.45) is 0 Å². The van der Waals surface area contributed by atoms with Crippen LogP contribution in [-0.4, -0.2) is 57.6 Å². The normalized spacial score (nSPS) is 10.3. The molecule has 0 fully saturated rings. The fourth-order valence-electron chi connectivity index (χ4n) is 1.65. The van der Waals surface area contributed by atoms with Crippen molar-refractivity contribution in [2.75, 3.05) is 20.6 Å². The van der Waals surface area contributed by atoms with Gasteiger partial charge < -0.3 is 10.2 Å². The summed E-state index contributed by atoms with van der Waals surface area (Å²) in [6.45, 7) is -0.184. The fourth-order valence-corrected chi connectivity index (χ4v) is 1.65. The first-order chi connectivity index (χ1) is 10.5. The van der Waals surface area contributed by atoms with Crippen LogP contribution in [-0.2, 0) is 16.1 Å². The van der Waals surface area contributed by atoms with Crippen LogP contribution in [0.15, 0.2) is 24.3 Å². The summed E-state index contributed by atoms with van der Waals surface area (Å²) in [6, 6.07) is 5.63. The summed E-state index contributed by atoms with van der Waals surface area (Å²) in [4.78, 5) is 25.5. The molecule has 2 rings (SSSR count). The summed E-state index contributed by atoms with van der Waals surface area (Å²) >= 11 is 0. The molecule has 8 nitrogen and oxygen atoms in total. The van der Waals surface area contributed by atoms with Gasteiger partial charge in [0.25, 0.3) is 0 Å². The maximum absolute atomic E-state index is 12.9. The van der Waals surface area contributed by atoms with Gasteiger partial charge in [0.1, 0.15) is 12.4 Å². The van der Waals surface area contributed by atoms with Crippen LogP contribution in [0.5, 0.6) is 0 Å². The molecule has 0 radical (unpaired) electrons. The molecule has 22 heavy (non-hydrogen) atoms. The maximum Gasteiger partial charge on any atom is 0.246 e. The Hall–Kier alpha value is -2.84. The van der Waals surface area contributed by atoms with E-state index in [0.29, 0.717) is 11.4 Å². The van der Waals surface area contributed by atoms with Crippen molar-refractivity contribution in [1.82, 2.24) is 30.4 Å². The smallest absolute Gasteiger partial charge is 0.246 e. The largest absolute Gasteiger partial charge is 0.358 e. The number of nitrogens with zero attached hydrogens (tertiary/aromatic N) is 5. The molecule has 0 aliphatic carbocycles. The molecule has 0 aliphatic heterocycles. The molecule has 1 heterocycles. The van der Waals surface area contributed by atoms with E-state index in [1.807, 2.05) is 0 Å². The quantitative estimate of drug-likeness (QED) is 0.817. The fraction of sp³-hybridized carbons (Fsp3) is 0.308. The monoisotopic (exact) mass is 306 g/mol. The first kappa shape index (κ1) is 15.5. The van der Waals surface area contributed by atoms with Crippen molar-refractivity contribution >= 4 is 11.8 Å². The molecule has 0 saturated carbocycles. The number of hydrogen-bond acceptors (Lipinski definition) is 5. The highest BCUT2D eigenvalue weighted by molar-refractivity contribution is 5.84. The van der Waals surface area contributed by atoms with Gasteiger partial charge in [0.15, 0.2) is 0 Å². The van der Waals surface area contributed by atoms with E-state index in [-0.39, 0.29) is 30.7 Å². The van der Waals surface area contributed by atoms with Crippen LogP contribution in [0.3, 0.4) is 0 Å². The van der Waals surface area contributed by atoms with E-state index in [9.17, 15) is 14.0 Å². The Balaban J connectivity index is 2.01. The molecule has 0 spiro atoms. The van der Waals surface area contributed by atoms with Gasteiger partial charge in [0, 0.05) is 19.7 Å². The molecule has 0 bridgehead atoms. The van der Waals surface area contributed by atoms with Crippen LogP contribution in [0, 0.1) is 5.82 Å². The summed E-state index contributed by atoms with van der Waals surface area (Å²) in [5, 5.41) is 14.1. The van der Waals surface area contributed by atoms with Gasteiger partial charge in [-0.1, -0.05) is 0 Å². The van der Waals surface area contributed by atoms with Crippen molar-refractivity contribution < 1.29 is 14.0 Å². The molecule has 1 aromatic heterocycles. The van der Waals surface area contributed by atoms with E-state index >= 15 is 0 Å². The zero-order chi connectivity index (χ0) is 16.1. The maximum atomic E-state index is 12.9. The van der Waals surface area contributed by atoms with E-state index in [0.717, 1.165) is 4.80 Å². The molecule has 2 aromatic rings. The summed E-state index contributed by atoms with van der Waals surface area (Å²) in [7, 11) is 3.00. The lowest BCUT2D eigenvalue weighted by molar-refractivity contribution is -0.135. The second kappa shape index (κ2) is 6.74. The van der Waals surface area contributed by atoms with Crippen molar-refractivity contribution in [2.45, 2.75) is 6.54 Å². The Kier molecular flexibility index (Phi) is 4.77. The van der Waals surface area contributed by atoms with Gasteiger partial charge in [-0.2, -0.15) is 4.80 Å². The number of tetrazole rings is 1. The zero-order valence-electron chi connectivity index (χ0n) is 12.2. The molecule has 1 N–H and O–H groups in total. The molecule has 2 amide bonds. The molecule has 0 aliphatic rings. The van der Waals surface area contributed by atoms with Crippen LogP contribution in [0.1, 0.15) is 0 Å². The standard InChI is InChI=1S/C13H15FN6O2/c1-15-11(21)7-19(2)12(22)8-20-17-13(16-18-20)9-3-5-10(14)6-4-9/h3-6H,7-8H2,1-2H3,(H,15,21). The third-order valence-corrected chi connectivity index (χ3v) is 2.92. The van der Waals surface area contributed by atoms with Crippen molar-refractivity contribution in [3.63, 3.8) is 0 Å². The van der Waals surface area contributed by atoms with Crippen LogP contribution in [0.25, 0.3) is 11.4 Å². The average Bonchev–Trinajstić information content (AvgIpc) is 2.96. The Morgan fingerprint density at radius 1 is 1.32 bits per heavy atom. The lowest BCUT2D eigenvalue weighted by Crippen LogP contribution is -2.38. The molecule has 116 valence electrons. The molecule has 1 aromatic carbocycles. The number of rotatable bonds is 5. The predicted octanol–water partition coefficient (Wildman–Crippen LogP) is -0.316. The lowest BCUT2D eigenvalue weighted by Gasteiger charge is -2.15. The van der Waals surface area contributed by atoms with E-state index < -0.39 is 0 Å². The van der Waals surface area contributed by atoms with Gasteiger partial charge in [-0.05, 0) is 29.5 Å². The number of likely N-dealkylation sites (N-methyl/N-ethyl adjacent to an activating group) is 2. The number of benzene rings is 1. The van der Waals surface area contributed by atoms with Gasteiger partial charge in [-0.25, -0.2) is 4.39 Å². The van der Waals surface area contributed by atoms with Gasteiger partial charge >= 0.3 is 0 Å². The van der Waals surface area contributed by atoms with E-state index in [1.54, 1.807) is 0 Å². The SMILES string of the molecule is CNC(=O)CN(C)C(=O)Cn1nnc(-c2ccc(F)cc2)n1. The number of halogens is 1. The van der Waals surface area contributed by atoms with Gasteiger partial charge in [0.05, 0.1) is 6.54 Å². The first-order valence-corrected chi connectivity index (χ1v) is 6.48. The van der Waals surface area contributed by atoms with Crippen LogP contribution in [0.4, 0.5) is 4.39 Å². The minimum atomic E-state index is -0.359. The van der Waals surface area contributed by atoms with Crippen LogP contribution in [0.2, 0.25) is 0 Å². The van der Waals surface area contributed by atoms with Crippen LogP contribution >= 0.6 is 0 Å². The number of nitrogens with one attached hydrogen (secondary N) is 1. The van der Waals surface area contributed by atoms with Gasteiger partial charge in [-0.15, -0.1) is 10.2 Å². The minimum absolute atomic E-state index is 0.0468. The van der Waals surface area contributed by atoms with Crippen LogP contribution < -0.4 is 5.32 Å². The summed E-state index contributed by atoms with van der Waals surface area (Å²) in [6.07, 6.45) is 0. The summed E-state index contributed by atoms with van der Waals surface area (Å²) in [5.74, 6) is -0.662. The molecular weight excluding hydrogens is 291 g/mol. The molecule has 0 unspecified atom stereocenters. The van der Waals surface area contributed by atoms with E-state index in [1.165, 1.54) is 43.3 Å². The summed E-state index contributed by atoms with van der Waals surface area (Å²) < 4.78 is 12.9. The number of carbonyl (C=O) groups excluding carboxylic acids is 2. The Morgan fingerprint density at radius 3 is 2.64 bits per heavy atom. The van der Waals surface area contributed by atoms with Crippen molar-refractivity contribution in [1.29, 1.82) is 0 Å². The topological polar surface area (TPSA) is 93.0 Å². The predicted molar refractivity (Wildman–Crippen MR) is 74.9 cm³/mol. The highest BCUT2D eigenvalue weighted by Crippen LogP contribution is 2.13. The van der Waals surface area contributed by atoms with Crippen molar-refractivity contribution in [3.8, 4) is 11.4 Å². The number of hydrogen-bond donors (Lipinski definition) is 1. The first-order valence-electron chi connectivity index (χ1n) is 6.48. The summed E-state index contributed by atoms with van der Waals surface area (Å²) in [5.41, 5.74) is 0.596. The zero-order valence-corrected chi connectivity index (χ0v) is 12.2. The Bertz CT molecular complexity index is 669. The molecule has 0 saturated heterocycles. The highest BCUT2D eigenvalue weighted by atomic mass is 19.1. The Labute approximate surface area is 125 Å². The van der Waals surface area contributed by atoms with E-state index in [2.05, 4.69) is 20.7 Å².